The van der Waals surface area contributed by atoms with Crippen molar-refractivity contribution in [1.82, 2.24) is 14.8 Å². The molecule has 3 aromatic heterocycles. The van der Waals surface area contributed by atoms with Crippen molar-refractivity contribution >= 4 is 22.9 Å². The van der Waals surface area contributed by atoms with Crippen LogP contribution in [-0.4, -0.2) is 14.8 Å². The van der Waals surface area contributed by atoms with E-state index >= 15 is 0 Å². The molecule has 0 aliphatic carbocycles. The Balaban J connectivity index is 1.97. The molecule has 0 amide bonds. The molecule has 96 valence electrons. The molecule has 0 aliphatic heterocycles. The van der Waals surface area contributed by atoms with Crippen LogP contribution in [0.4, 0.5) is 0 Å². The molecule has 0 N–H and O–H groups in total. The Bertz CT molecular complexity index is 748. The summed E-state index contributed by atoms with van der Waals surface area (Å²) in [6.45, 7) is 0.470. The average Bonchev–Trinajstić information content (AvgIpc) is 3.04. The number of hydrogen-bond donors (Lipinski definition) is 0. The molecule has 0 aromatic carbocycles. The molecule has 3 aromatic rings. The molecule has 0 saturated carbocycles. The molecule has 3 heterocycles. The van der Waals surface area contributed by atoms with Gasteiger partial charge in [0.2, 0.25) is 12.3 Å². The fourth-order valence-corrected chi connectivity index (χ4v) is 2.77. The second-order valence-corrected chi connectivity index (χ2v) is 5.63. The maximum Gasteiger partial charge on any atom is 0.250 e. The highest BCUT2D eigenvalue weighted by Crippen LogP contribution is 2.22. The number of thiophene rings is 1. The van der Waals surface area contributed by atoms with E-state index in [0.29, 0.717) is 22.3 Å². The summed E-state index contributed by atoms with van der Waals surface area (Å²) < 4.78 is 7.40. The largest absolute Gasteiger partial charge is 0.423 e. The van der Waals surface area contributed by atoms with Gasteiger partial charge in [-0.1, -0.05) is 11.6 Å². The van der Waals surface area contributed by atoms with Crippen molar-refractivity contribution < 1.29 is 4.42 Å². The van der Waals surface area contributed by atoms with Crippen molar-refractivity contribution in [2.45, 2.75) is 6.54 Å². The smallest absolute Gasteiger partial charge is 0.250 e. The first-order valence-corrected chi connectivity index (χ1v) is 6.63. The number of halogens is 1. The molecule has 3 rings (SSSR count). The summed E-state index contributed by atoms with van der Waals surface area (Å²) in [6.07, 6.45) is 2.95. The summed E-state index contributed by atoms with van der Waals surface area (Å²) in [5.74, 6) is 0.387. The van der Waals surface area contributed by atoms with Crippen LogP contribution >= 0.6 is 22.9 Å². The van der Waals surface area contributed by atoms with Gasteiger partial charge in [0.05, 0.1) is 16.4 Å². The quantitative estimate of drug-likeness (QED) is 0.745. The van der Waals surface area contributed by atoms with Crippen LogP contribution in [-0.2, 0) is 6.54 Å². The predicted molar refractivity (Wildman–Crippen MR) is 72.4 cm³/mol. The van der Waals surface area contributed by atoms with Gasteiger partial charge in [-0.2, -0.15) is 0 Å². The average molecular weight is 294 g/mol. The molecule has 0 atom stereocenters. The summed E-state index contributed by atoms with van der Waals surface area (Å²) in [5.41, 5.74) is 0.618. The molecule has 0 fully saturated rings. The third-order valence-electron chi connectivity index (χ3n) is 2.55. The van der Waals surface area contributed by atoms with E-state index in [1.165, 1.54) is 23.8 Å². The van der Waals surface area contributed by atoms with Crippen molar-refractivity contribution in [1.29, 1.82) is 0 Å². The van der Waals surface area contributed by atoms with Crippen molar-refractivity contribution in [3.05, 3.63) is 56.4 Å². The topological polar surface area (TPSA) is 60.9 Å². The summed E-state index contributed by atoms with van der Waals surface area (Å²) in [7, 11) is 0. The molecular formula is C12H8ClN3O2S. The summed E-state index contributed by atoms with van der Waals surface area (Å²) in [5, 5.41) is 7.44. The fourth-order valence-electron chi connectivity index (χ4n) is 1.68. The number of pyridine rings is 1. The lowest BCUT2D eigenvalue weighted by molar-refractivity contribution is 0.567. The van der Waals surface area contributed by atoms with E-state index < -0.39 is 0 Å². The molecule has 0 unspecified atom stereocenters. The van der Waals surface area contributed by atoms with Crippen molar-refractivity contribution in [2.24, 2.45) is 0 Å². The van der Waals surface area contributed by atoms with Crippen LogP contribution in [0, 0.1) is 0 Å². The lowest BCUT2D eigenvalue weighted by atomic mass is 10.3. The number of nitrogens with zero attached hydrogens (tertiary/aromatic N) is 3. The number of rotatable bonds is 3. The summed E-state index contributed by atoms with van der Waals surface area (Å²) >= 11 is 7.33. The predicted octanol–water partition coefficient (Wildman–Crippen LogP) is 2.66. The van der Waals surface area contributed by atoms with Crippen molar-refractivity contribution in [3.63, 3.8) is 0 Å². The van der Waals surface area contributed by atoms with E-state index in [4.69, 9.17) is 16.0 Å². The van der Waals surface area contributed by atoms with Crippen LogP contribution in [0.2, 0.25) is 4.34 Å². The van der Waals surface area contributed by atoms with Crippen LogP contribution in [0.15, 0.2) is 46.1 Å². The van der Waals surface area contributed by atoms with Gasteiger partial charge < -0.3 is 8.98 Å². The highest BCUT2D eigenvalue weighted by atomic mass is 35.5. The molecule has 7 heteroatoms. The zero-order chi connectivity index (χ0) is 13.2. The minimum absolute atomic E-state index is 0.0900. The SMILES string of the molecule is O=c1ccc(-c2nnco2)cn1Cc1ccc(Cl)s1. The summed E-state index contributed by atoms with van der Waals surface area (Å²) in [4.78, 5) is 12.8. The van der Waals surface area contributed by atoms with Crippen LogP contribution in [0.1, 0.15) is 4.88 Å². The Kier molecular flexibility index (Phi) is 3.18. The number of aromatic nitrogens is 3. The normalized spacial score (nSPS) is 10.8. The van der Waals surface area contributed by atoms with Gasteiger partial charge in [0.1, 0.15) is 0 Å². The molecule has 0 radical (unpaired) electrons. The minimum Gasteiger partial charge on any atom is -0.423 e. The maximum atomic E-state index is 11.8. The molecule has 19 heavy (non-hydrogen) atoms. The Hall–Kier alpha value is -1.92. The zero-order valence-electron chi connectivity index (χ0n) is 9.62. The Labute approximate surface area is 117 Å². The van der Waals surface area contributed by atoms with Gasteiger partial charge in [0.25, 0.3) is 5.56 Å². The molecular weight excluding hydrogens is 286 g/mol. The van der Waals surface area contributed by atoms with E-state index in [1.807, 2.05) is 12.1 Å². The molecule has 0 saturated heterocycles. The van der Waals surface area contributed by atoms with E-state index in [9.17, 15) is 4.79 Å². The molecule has 5 nitrogen and oxygen atoms in total. The monoisotopic (exact) mass is 293 g/mol. The van der Waals surface area contributed by atoms with E-state index in [1.54, 1.807) is 16.8 Å². The van der Waals surface area contributed by atoms with E-state index in [-0.39, 0.29) is 5.56 Å². The van der Waals surface area contributed by atoms with Crippen molar-refractivity contribution in [2.75, 3.05) is 0 Å². The first-order chi connectivity index (χ1) is 9.22. The Morgan fingerprint density at radius 2 is 2.21 bits per heavy atom. The highest BCUT2D eigenvalue weighted by Gasteiger charge is 2.07. The van der Waals surface area contributed by atoms with Gasteiger partial charge in [-0.25, -0.2) is 0 Å². The van der Waals surface area contributed by atoms with Crippen LogP contribution in [0.25, 0.3) is 11.5 Å². The third kappa shape index (κ3) is 2.59. The second kappa shape index (κ2) is 4.99. The lowest BCUT2D eigenvalue weighted by Crippen LogP contribution is -2.18. The molecule has 0 aliphatic rings. The Morgan fingerprint density at radius 1 is 1.32 bits per heavy atom. The molecule has 0 bridgehead atoms. The van der Waals surface area contributed by atoms with Gasteiger partial charge in [-0.3, -0.25) is 4.79 Å². The maximum absolute atomic E-state index is 11.8. The van der Waals surface area contributed by atoms with Gasteiger partial charge in [-0.05, 0) is 18.2 Å². The van der Waals surface area contributed by atoms with E-state index in [0.717, 1.165) is 4.88 Å². The second-order valence-electron chi connectivity index (χ2n) is 3.83. The summed E-state index contributed by atoms with van der Waals surface area (Å²) in [6, 6.07) is 6.86. The van der Waals surface area contributed by atoms with Crippen LogP contribution in [0.3, 0.4) is 0 Å². The van der Waals surface area contributed by atoms with Crippen molar-refractivity contribution in [3.8, 4) is 11.5 Å². The van der Waals surface area contributed by atoms with Gasteiger partial charge in [-0.15, -0.1) is 21.5 Å². The van der Waals surface area contributed by atoms with Gasteiger partial charge in [0, 0.05) is 17.1 Å². The van der Waals surface area contributed by atoms with Gasteiger partial charge >= 0.3 is 0 Å². The number of hydrogen-bond acceptors (Lipinski definition) is 5. The highest BCUT2D eigenvalue weighted by molar-refractivity contribution is 7.16. The van der Waals surface area contributed by atoms with Gasteiger partial charge in [0.15, 0.2) is 0 Å². The van der Waals surface area contributed by atoms with E-state index in [2.05, 4.69) is 10.2 Å². The third-order valence-corrected chi connectivity index (χ3v) is 3.76. The molecule has 0 spiro atoms. The minimum atomic E-state index is -0.0900. The van der Waals surface area contributed by atoms with Crippen LogP contribution in [0.5, 0.6) is 0 Å². The first-order valence-electron chi connectivity index (χ1n) is 5.43. The standard InChI is InChI=1S/C12H8ClN3O2S/c13-10-3-2-9(19-10)6-16-5-8(1-4-11(16)17)12-15-14-7-18-12/h1-5,7H,6H2. The Morgan fingerprint density at radius 3 is 2.89 bits per heavy atom. The fraction of sp³-hybridized carbons (Fsp3) is 0.0833. The lowest BCUT2D eigenvalue weighted by Gasteiger charge is -2.04. The first kappa shape index (κ1) is 12.1. The zero-order valence-corrected chi connectivity index (χ0v) is 11.2. The van der Waals surface area contributed by atoms with Crippen LogP contribution < -0.4 is 5.56 Å².